The normalized spacial score (nSPS) is 15.2. The number of nitrogens with two attached hydrogens (primary N) is 1. The molecule has 1 saturated carbocycles. The minimum absolute atomic E-state index is 0.104. The Balaban J connectivity index is 1.54. The second kappa shape index (κ2) is 8.77. The summed E-state index contributed by atoms with van der Waals surface area (Å²) >= 11 is 0. The van der Waals surface area contributed by atoms with Gasteiger partial charge in [0, 0.05) is 7.05 Å². The smallest absolute Gasteiger partial charge is 0.284 e. The van der Waals surface area contributed by atoms with E-state index in [1.807, 2.05) is 13.0 Å². The molecule has 1 fully saturated rings. The van der Waals surface area contributed by atoms with Crippen LogP contribution in [0.2, 0.25) is 0 Å². The third-order valence-corrected chi connectivity index (χ3v) is 4.54. The van der Waals surface area contributed by atoms with Crippen molar-refractivity contribution in [2.24, 2.45) is 16.6 Å². The average Bonchev–Trinajstić information content (AvgIpc) is 3.38. The molecule has 1 heterocycles. The van der Waals surface area contributed by atoms with Gasteiger partial charge < -0.3 is 25.5 Å². The van der Waals surface area contributed by atoms with Gasteiger partial charge in [-0.1, -0.05) is 6.07 Å². The zero-order valence-corrected chi connectivity index (χ0v) is 16.0. The van der Waals surface area contributed by atoms with Gasteiger partial charge in [-0.25, -0.2) is 4.39 Å². The highest BCUT2D eigenvalue weighted by atomic mass is 19.1. The molecular weight excluding hydrogens is 363 g/mol. The van der Waals surface area contributed by atoms with E-state index in [4.69, 9.17) is 14.9 Å². The second-order valence-electron chi connectivity index (χ2n) is 6.87. The molecular formula is C20H25FN4O3. The Kier molecular flexibility index (Phi) is 6.18. The highest BCUT2D eigenvalue weighted by Crippen LogP contribution is 2.30. The molecule has 7 nitrogen and oxygen atoms in total. The topological polar surface area (TPSA) is 102 Å². The van der Waals surface area contributed by atoms with E-state index < -0.39 is 5.91 Å². The summed E-state index contributed by atoms with van der Waals surface area (Å²) < 4.78 is 25.1. The highest BCUT2D eigenvalue weighted by Gasteiger charge is 2.22. The predicted octanol–water partition coefficient (Wildman–Crippen LogP) is 2.73. The molecule has 1 unspecified atom stereocenters. The Morgan fingerprint density at radius 1 is 1.39 bits per heavy atom. The van der Waals surface area contributed by atoms with Crippen molar-refractivity contribution in [1.29, 1.82) is 0 Å². The summed E-state index contributed by atoms with van der Waals surface area (Å²) in [7, 11) is 1.63. The standard InChI is InChI=1S/C20H25FN4O3/c1-12(14-5-7-17(16(21)9-14)27-11-13-3-4-13)25-20(23-2)24-10-15-6-8-18(28-15)19(22)26/h5-9,12-13H,3-4,10-11H2,1-2H3,(H2,22,26)(H2,23,24,25). The maximum absolute atomic E-state index is 14.3. The monoisotopic (exact) mass is 388 g/mol. The first-order valence-electron chi connectivity index (χ1n) is 9.24. The number of nitrogens with one attached hydrogen (secondary N) is 2. The molecule has 1 aromatic heterocycles. The van der Waals surface area contributed by atoms with Crippen LogP contribution in [0, 0.1) is 11.7 Å². The summed E-state index contributed by atoms with van der Waals surface area (Å²) in [4.78, 5) is 15.2. The summed E-state index contributed by atoms with van der Waals surface area (Å²) in [6.07, 6.45) is 2.32. The molecule has 2 aromatic rings. The summed E-state index contributed by atoms with van der Waals surface area (Å²) in [6.45, 7) is 2.80. The molecule has 1 aliphatic rings. The Morgan fingerprint density at radius 2 is 2.18 bits per heavy atom. The molecule has 1 aromatic carbocycles. The summed E-state index contributed by atoms with van der Waals surface area (Å²) in [5.74, 6) is 1.04. The van der Waals surface area contributed by atoms with Crippen LogP contribution in [-0.2, 0) is 6.54 Å². The van der Waals surface area contributed by atoms with Gasteiger partial charge in [0.15, 0.2) is 23.3 Å². The first kappa shape index (κ1) is 19.7. The van der Waals surface area contributed by atoms with E-state index in [1.54, 1.807) is 19.2 Å². The third-order valence-electron chi connectivity index (χ3n) is 4.54. The molecule has 3 rings (SSSR count). The van der Waals surface area contributed by atoms with Gasteiger partial charge in [-0.15, -0.1) is 0 Å². The molecule has 0 saturated heterocycles. The van der Waals surface area contributed by atoms with Gasteiger partial charge in [-0.05, 0) is 55.5 Å². The number of halogens is 1. The number of primary amides is 1. The van der Waals surface area contributed by atoms with Crippen molar-refractivity contribution in [1.82, 2.24) is 10.6 Å². The number of benzene rings is 1. The fraction of sp³-hybridized carbons (Fsp3) is 0.400. The number of ether oxygens (including phenoxy) is 1. The lowest BCUT2D eigenvalue weighted by Crippen LogP contribution is -2.38. The first-order chi connectivity index (χ1) is 13.5. The van der Waals surface area contributed by atoms with Crippen LogP contribution in [0.15, 0.2) is 39.7 Å². The van der Waals surface area contributed by atoms with Crippen molar-refractivity contribution in [2.75, 3.05) is 13.7 Å². The number of aliphatic imine (C=N–C) groups is 1. The van der Waals surface area contributed by atoms with E-state index >= 15 is 0 Å². The van der Waals surface area contributed by atoms with E-state index in [9.17, 15) is 9.18 Å². The summed E-state index contributed by atoms with van der Waals surface area (Å²) in [5, 5.41) is 6.27. The highest BCUT2D eigenvalue weighted by molar-refractivity contribution is 5.89. The first-order valence-corrected chi connectivity index (χ1v) is 9.24. The second-order valence-corrected chi connectivity index (χ2v) is 6.87. The molecule has 1 amide bonds. The van der Waals surface area contributed by atoms with Crippen LogP contribution < -0.4 is 21.1 Å². The number of rotatable bonds is 8. The number of carbonyl (C=O) groups is 1. The lowest BCUT2D eigenvalue weighted by molar-refractivity contribution is 0.0972. The number of hydrogen-bond acceptors (Lipinski definition) is 4. The van der Waals surface area contributed by atoms with Crippen molar-refractivity contribution < 1.29 is 18.3 Å². The van der Waals surface area contributed by atoms with Crippen molar-refractivity contribution in [3.8, 4) is 5.75 Å². The average molecular weight is 388 g/mol. The Labute approximate surface area is 163 Å². The lowest BCUT2D eigenvalue weighted by atomic mass is 10.1. The molecule has 0 aliphatic heterocycles. The lowest BCUT2D eigenvalue weighted by Gasteiger charge is -2.18. The molecule has 1 atom stereocenters. The van der Waals surface area contributed by atoms with Gasteiger partial charge in [0.25, 0.3) is 5.91 Å². The maximum atomic E-state index is 14.3. The van der Waals surface area contributed by atoms with Crippen LogP contribution in [0.1, 0.15) is 47.7 Å². The van der Waals surface area contributed by atoms with Crippen LogP contribution in [0.5, 0.6) is 5.75 Å². The fourth-order valence-corrected chi connectivity index (χ4v) is 2.65. The Hall–Kier alpha value is -3.03. The van der Waals surface area contributed by atoms with Crippen LogP contribution in [0.25, 0.3) is 0 Å². The SMILES string of the molecule is CN=C(NCc1ccc(C(N)=O)o1)NC(C)c1ccc(OCC2CC2)c(F)c1. The number of hydrogen-bond donors (Lipinski definition) is 3. The maximum Gasteiger partial charge on any atom is 0.284 e. The number of carbonyl (C=O) groups excluding carboxylic acids is 1. The third kappa shape index (κ3) is 5.25. The number of guanidine groups is 1. The molecule has 28 heavy (non-hydrogen) atoms. The van der Waals surface area contributed by atoms with E-state index in [1.165, 1.54) is 12.1 Å². The largest absolute Gasteiger partial charge is 0.490 e. The molecule has 150 valence electrons. The molecule has 0 bridgehead atoms. The van der Waals surface area contributed by atoms with E-state index in [0.29, 0.717) is 30.8 Å². The van der Waals surface area contributed by atoms with Crippen LogP contribution in [0.3, 0.4) is 0 Å². The summed E-state index contributed by atoms with van der Waals surface area (Å²) in [6, 6.07) is 7.97. The molecule has 4 N–H and O–H groups in total. The fourth-order valence-electron chi connectivity index (χ4n) is 2.65. The van der Waals surface area contributed by atoms with Crippen LogP contribution in [0.4, 0.5) is 4.39 Å². The number of furan rings is 1. The van der Waals surface area contributed by atoms with E-state index in [-0.39, 0.29) is 23.4 Å². The Bertz CT molecular complexity index is 861. The minimum atomic E-state index is -0.617. The zero-order valence-electron chi connectivity index (χ0n) is 16.0. The summed E-state index contributed by atoms with van der Waals surface area (Å²) in [5.41, 5.74) is 5.94. The minimum Gasteiger partial charge on any atom is -0.490 e. The van der Waals surface area contributed by atoms with Crippen molar-refractivity contribution in [3.05, 3.63) is 53.2 Å². The van der Waals surface area contributed by atoms with Crippen LogP contribution >= 0.6 is 0 Å². The van der Waals surface area contributed by atoms with Crippen LogP contribution in [-0.4, -0.2) is 25.5 Å². The zero-order chi connectivity index (χ0) is 20.1. The van der Waals surface area contributed by atoms with E-state index in [2.05, 4.69) is 15.6 Å². The molecule has 1 aliphatic carbocycles. The Morgan fingerprint density at radius 3 is 2.79 bits per heavy atom. The number of nitrogens with zero attached hydrogens (tertiary/aromatic N) is 1. The van der Waals surface area contributed by atoms with Gasteiger partial charge in [-0.2, -0.15) is 0 Å². The van der Waals surface area contributed by atoms with Gasteiger partial charge in [0.05, 0.1) is 19.2 Å². The van der Waals surface area contributed by atoms with Gasteiger partial charge >= 0.3 is 0 Å². The van der Waals surface area contributed by atoms with Gasteiger partial charge in [0.1, 0.15) is 5.76 Å². The molecule has 0 radical (unpaired) electrons. The molecule has 0 spiro atoms. The molecule has 8 heteroatoms. The van der Waals surface area contributed by atoms with Gasteiger partial charge in [0.2, 0.25) is 0 Å². The quantitative estimate of drug-likeness (QED) is 0.477. The van der Waals surface area contributed by atoms with Crippen molar-refractivity contribution >= 4 is 11.9 Å². The number of amides is 1. The van der Waals surface area contributed by atoms with Crippen molar-refractivity contribution in [3.63, 3.8) is 0 Å². The predicted molar refractivity (Wildman–Crippen MR) is 104 cm³/mol. The van der Waals surface area contributed by atoms with Gasteiger partial charge in [-0.3, -0.25) is 9.79 Å². The van der Waals surface area contributed by atoms with E-state index in [0.717, 1.165) is 18.4 Å². The van der Waals surface area contributed by atoms with Crippen molar-refractivity contribution in [2.45, 2.75) is 32.4 Å².